The van der Waals surface area contributed by atoms with Crippen LogP contribution in [0.25, 0.3) is 0 Å². The SMILES string of the molecule is Cc1ccc(S(=O)(=O)NCC2(CO)CC2)c(Br)c1. The van der Waals surface area contributed by atoms with E-state index >= 15 is 0 Å². The molecule has 0 bridgehead atoms. The second kappa shape index (κ2) is 4.92. The molecule has 0 spiro atoms. The minimum absolute atomic E-state index is 0.0323. The fraction of sp³-hybridized carbons (Fsp3) is 0.500. The first-order valence-corrected chi connectivity index (χ1v) is 8.03. The van der Waals surface area contributed by atoms with Crippen LogP contribution in [0.15, 0.2) is 27.6 Å². The molecule has 18 heavy (non-hydrogen) atoms. The van der Waals surface area contributed by atoms with Crippen LogP contribution in [0.5, 0.6) is 0 Å². The van der Waals surface area contributed by atoms with Gasteiger partial charge >= 0.3 is 0 Å². The third kappa shape index (κ3) is 2.93. The third-order valence-corrected chi connectivity index (χ3v) is 5.68. The molecule has 1 aliphatic carbocycles. The van der Waals surface area contributed by atoms with Crippen LogP contribution in [0.2, 0.25) is 0 Å². The normalized spacial score (nSPS) is 17.7. The smallest absolute Gasteiger partial charge is 0.241 e. The summed E-state index contributed by atoms with van der Waals surface area (Å²) in [6.07, 6.45) is 1.75. The lowest BCUT2D eigenvalue weighted by atomic mass is 10.1. The van der Waals surface area contributed by atoms with Crippen molar-refractivity contribution >= 4 is 26.0 Å². The highest BCUT2D eigenvalue weighted by molar-refractivity contribution is 9.10. The number of hydrogen-bond acceptors (Lipinski definition) is 3. The predicted molar refractivity (Wildman–Crippen MR) is 72.8 cm³/mol. The fourth-order valence-corrected chi connectivity index (χ4v) is 4.06. The molecule has 100 valence electrons. The van der Waals surface area contributed by atoms with Crippen molar-refractivity contribution in [2.45, 2.75) is 24.7 Å². The summed E-state index contributed by atoms with van der Waals surface area (Å²) in [6.45, 7) is 2.23. The molecule has 2 rings (SSSR count). The minimum Gasteiger partial charge on any atom is -0.396 e. The summed E-state index contributed by atoms with van der Waals surface area (Å²) in [7, 11) is -3.52. The molecule has 1 fully saturated rings. The number of hydrogen-bond donors (Lipinski definition) is 2. The van der Waals surface area contributed by atoms with Crippen molar-refractivity contribution in [2.24, 2.45) is 5.41 Å². The van der Waals surface area contributed by atoms with Gasteiger partial charge < -0.3 is 5.11 Å². The van der Waals surface area contributed by atoms with Gasteiger partial charge in [-0.1, -0.05) is 6.07 Å². The van der Waals surface area contributed by atoms with Crippen LogP contribution in [0.4, 0.5) is 0 Å². The molecule has 0 aromatic heterocycles. The first-order chi connectivity index (χ1) is 8.38. The summed E-state index contributed by atoms with van der Waals surface area (Å²) in [5.74, 6) is 0. The number of rotatable bonds is 5. The summed E-state index contributed by atoms with van der Waals surface area (Å²) < 4.78 is 27.4. The van der Waals surface area contributed by atoms with Gasteiger partial charge in [-0.2, -0.15) is 0 Å². The van der Waals surface area contributed by atoms with E-state index in [1.54, 1.807) is 18.2 Å². The van der Waals surface area contributed by atoms with E-state index in [2.05, 4.69) is 20.7 Å². The van der Waals surface area contributed by atoms with Gasteiger partial charge in [0, 0.05) is 23.0 Å². The van der Waals surface area contributed by atoms with Gasteiger partial charge in [-0.05, 0) is 53.4 Å². The number of sulfonamides is 1. The predicted octanol–water partition coefficient (Wildman–Crippen LogP) is 1.81. The first kappa shape index (κ1) is 14.0. The monoisotopic (exact) mass is 333 g/mol. The van der Waals surface area contributed by atoms with E-state index in [4.69, 9.17) is 0 Å². The Hall–Kier alpha value is -0.430. The number of benzene rings is 1. The lowest BCUT2D eigenvalue weighted by Gasteiger charge is -2.14. The van der Waals surface area contributed by atoms with Crippen molar-refractivity contribution in [3.8, 4) is 0 Å². The van der Waals surface area contributed by atoms with Crippen molar-refractivity contribution in [1.82, 2.24) is 4.72 Å². The Morgan fingerprint density at radius 3 is 2.61 bits per heavy atom. The maximum Gasteiger partial charge on any atom is 0.241 e. The van der Waals surface area contributed by atoms with Gasteiger partial charge in [0.05, 0.1) is 4.90 Å². The molecule has 0 atom stereocenters. The molecule has 0 aliphatic heterocycles. The van der Waals surface area contributed by atoms with Crippen LogP contribution in [0.3, 0.4) is 0 Å². The van der Waals surface area contributed by atoms with Gasteiger partial charge in [0.1, 0.15) is 0 Å². The standard InChI is InChI=1S/C12H16BrNO3S/c1-9-2-3-11(10(13)6-9)18(16,17)14-7-12(8-15)4-5-12/h2-3,6,14-15H,4-5,7-8H2,1H3. The van der Waals surface area contributed by atoms with Crippen molar-refractivity contribution in [3.63, 3.8) is 0 Å². The fourth-order valence-electron chi connectivity index (χ4n) is 1.72. The van der Waals surface area contributed by atoms with E-state index in [1.807, 2.05) is 6.92 Å². The number of aliphatic hydroxyl groups excluding tert-OH is 1. The molecule has 1 saturated carbocycles. The number of nitrogens with one attached hydrogen (secondary N) is 1. The highest BCUT2D eigenvalue weighted by atomic mass is 79.9. The minimum atomic E-state index is -3.52. The third-order valence-electron chi connectivity index (χ3n) is 3.31. The summed E-state index contributed by atoms with van der Waals surface area (Å²) in [4.78, 5) is 0.238. The molecule has 1 aliphatic rings. The lowest BCUT2D eigenvalue weighted by Crippen LogP contribution is -2.32. The molecule has 0 unspecified atom stereocenters. The Kier molecular flexibility index (Phi) is 3.82. The Balaban J connectivity index is 2.15. The largest absolute Gasteiger partial charge is 0.396 e. The molecule has 2 N–H and O–H groups in total. The molecule has 4 nitrogen and oxygen atoms in total. The van der Waals surface area contributed by atoms with Gasteiger partial charge in [-0.3, -0.25) is 0 Å². The van der Waals surface area contributed by atoms with E-state index in [1.165, 1.54) is 0 Å². The van der Waals surface area contributed by atoms with Crippen LogP contribution < -0.4 is 4.72 Å². The number of halogens is 1. The van der Waals surface area contributed by atoms with Crippen molar-refractivity contribution < 1.29 is 13.5 Å². The number of aryl methyl sites for hydroxylation is 1. The number of aliphatic hydroxyl groups is 1. The van der Waals surface area contributed by atoms with Crippen LogP contribution in [-0.2, 0) is 10.0 Å². The summed E-state index contributed by atoms with van der Waals surface area (Å²) >= 11 is 3.27. The zero-order chi connectivity index (χ0) is 13.4. The van der Waals surface area contributed by atoms with Gasteiger partial charge in [0.15, 0.2) is 0 Å². The van der Waals surface area contributed by atoms with Gasteiger partial charge in [0.25, 0.3) is 0 Å². The average molecular weight is 334 g/mol. The summed E-state index contributed by atoms with van der Waals surface area (Å²) in [5.41, 5.74) is 0.763. The Morgan fingerprint density at radius 1 is 1.44 bits per heavy atom. The Bertz CT molecular complexity index is 552. The van der Waals surface area contributed by atoms with Crippen LogP contribution in [0.1, 0.15) is 18.4 Å². The van der Waals surface area contributed by atoms with Gasteiger partial charge in [-0.15, -0.1) is 0 Å². The van der Waals surface area contributed by atoms with Crippen LogP contribution in [0, 0.1) is 12.3 Å². The summed E-state index contributed by atoms with van der Waals surface area (Å²) in [5, 5.41) is 9.17. The topological polar surface area (TPSA) is 66.4 Å². The molecule has 0 radical (unpaired) electrons. The van der Waals surface area contributed by atoms with E-state index in [-0.39, 0.29) is 16.9 Å². The molecule has 0 heterocycles. The second-order valence-corrected chi connectivity index (χ2v) is 7.51. The highest BCUT2D eigenvalue weighted by Crippen LogP contribution is 2.44. The maximum atomic E-state index is 12.1. The van der Waals surface area contributed by atoms with E-state index < -0.39 is 10.0 Å². The zero-order valence-corrected chi connectivity index (χ0v) is 12.5. The van der Waals surface area contributed by atoms with E-state index in [9.17, 15) is 13.5 Å². The van der Waals surface area contributed by atoms with E-state index in [0.717, 1.165) is 18.4 Å². The van der Waals surface area contributed by atoms with Gasteiger partial charge in [0.2, 0.25) is 10.0 Å². The molecular formula is C12H16BrNO3S. The van der Waals surface area contributed by atoms with Crippen LogP contribution in [-0.4, -0.2) is 26.7 Å². The Labute approximate surface area is 116 Å². The van der Waals surface area contributed by atoms with E-state index in [0.29, 0.717) is 11.0 Å². The molecule has 0 amide bonds. The highest BCUT2D eigenvalue weighted by Gasteiger charge is 2.42. The first-order valence-electron chi connectivity index (χ1n) is 5.75. The van der Waals surface area contributed by atoms with Gasteiger partial charge in [-0.25, -0.2) is 13.1 Å². The summed E-state index contributed by atoms with van der Waals surface area (Å²) in [6, 6.07) is 5.12. The quantitative estimate of drug-likeness (QED) is 0.863. The van der Waals surface area contributed by atoms with Crippen molar-refractivity contribution in [2.75, 3.05) is 13.2 Å². The molecule has 0 saturated heterocycles. The van der Waals surface area contributed by atoms with Crippen molar-refractivity contribution in [1.29, 1.82) is 0 Å². The Morgan fingerprint density at radius 2 is 2.11 bits per heavy atom. The zero-order valence-electron chi connectivity index (χ0n) is 10.1. The maximum absolute atomic E-state index is 12.1. The molecule has 1 aromatic rings. The molecule has 6 heteroatoms. The molecule has 1 aromatic carbocycles. The molecular weight excluding hydrogens is 318 g/mol. The van der Waals surface area contributed by atoms with Crippen LogP contribution >= 0.6 is 15.9 Å². The second-order valence-electron chi connectivity index (χ2n) is 4.92. The van der Waals surface area contributed by atoms with Crippen molar-refractivity contribution in [3.05, 3.63) is 28.2 Å². The lowest BCUT2D eigenvalue weighted by molar-refractivity contribution is 0.213. The average Bonchev–Trinajstić information content (AvgIpc) is 3.07.